The molecule has 1 amide bonds. The Morgan fingerprint density at radius 1 is 1.15 bits per heavy atom. The predicted octanol–water partition coefficient (Wildman–Crippen LogP) is 3.21. The summed E-state index contributed by atoms with van der Waals surface area (Å²) in [5, 5.41) is 3.63. The smallest absolute Gasteiger partial charge is 0.280 e. The highest BCUT2D eigenvalue weighted by molar-refractivity contribution is 5.95. The molecule has 0 aliphatic carbocycles. The largest absolute Gasteiger partial charge is 0.348 e. The van der Waals surface area contributed by atoms with Gasteiger partial charge in [-0.2, -0.15) is 0 Å². The van der Waals surface area contributed by atoms with Gasteiger partial charge in [0.05, 0.1) is 12.1 Å². The molecule has 4 aromatic rings. The van der Waals surface area contributed by atoms with Crippen molar-refractivity contribution >= 4 is 22.9 Å². The molecule has 0 atom stereocenters. The van der Waals surface area contributed by atoms with Gasteiger partial charge < -0.3 is 5.32 Å². The number of benzene rings is 2. The molecule has 4 rings (SSSR count). The minimum atomic E-state index is -0.991. The molecule has 2 aromatic heterocycles. The summed E-state index contributed by atoms with van der Waals surface area (Å²) in [6.45, 7) is 1.89. The first kappa shape index (κ1) is 22.1. The van der Waals surface area contributed by atoms with Crippen LogP contribution in [0.1, 0.15) is 27.2 Å². The zero-order valence-corrected chi connectivity index (χ0v) is 18.0. The minimum absolute atomic E-state index is 0.00618. The van der Waals surface area contributed by atoms with Gasteiger partial charge in [-0.15, -0.1) is 0 Å². The summed E-state index contributed by atoms with van der Waals surface area (Å²) in [5.41, 5.74) is 2.16. The Labute approximate surface area is 188 Å². The lowest BCUT2D eigenvalue weighted by Crippen LogP contribution is -2.31. The Bertz CT molecular complexity index is 1440. The number of nitrogens with one attached hydrogen (secondary N) is 1. The van der Waals surface area contributed by atoms with Crippen molar-refractivity contribution in [3.63, 3.8) is 0 Å². The van der Waals surface area contributed by atoms with Crippen LogP contribution >= 0.6 is 0 Å². The molecule has 0 aliphatic heterocycles. The van der Waals surface area contributed by atoms with Crippen molar-refractivity contribution in [2.75, 3.05) is 6.54 Å². The molecule has 0 fully saturated rings. The van der Waals surface area contributed by atoms with Crippen molar-refractivity contribution in [3.05, 3.63) is 99.4 Å². The van der Waals surface area contributed by atoms with Crippen LogP contribution in [0.5, 0.6) is 0 Å². The van der Waals surface area contributed by atoms with Gasteiger partial charge in [0.25, 0.3) is 11.5 Å². The number of hydrogen-bond acceptors (Lipinski definition) is 4. The lowest BCUT2D eigenvalue weighted by molar-refractivity contribution is 0.0956. The van der Waals surface area contributed by atoms with Gasteiger partial charge in [0.15, 0.2) is 11.6 Å². The van der Waals surface area contributed by atoms with Gasteiger partial charge in [-0.25, -0.2) is 23.4 Å². The van der Waals surface area contributed by atoms with Crippen LogP contribution in [0.4, 0.5) is 8.78 Å². The van der Waals surface area contributed by atoms with Crippen LogP contribution in [0.15, 0.2) is 59.8 Å². The van der Waals surface area contributed by atoms with Gasteiger partial charge in [0, 0.05) is 30.9 Å². The molecule has 0 bridgehead atoms. The second-order valence-corrected chi connectivity index (χ2v) is 7.55. The van der Waals surface area contributed by atoms with E-state index in [1.165, 1.54) is 21.8 Å². The molecule has 33 heavy (non-hydrogen) atoms. The van der Waals surface area contributed by atoms with E-state index in [1.54, 1.807) is 26.2 Å². The Balaban J connectivity index is 1.46. The maximum atomic E-state index is 13.5. The van der Waals surface area contributed by atoms with Gasteiger partial charge in [-0.05, 0) is 42.3 Å². The molecular formula is C24H21F2N5O2. The molecule has 0 saturated heterocycles. The molecule has 0 aliphatic rings. The highest BCUT2D eigenvalue weighted by Crippen LogP contribution is 2.14. The van der Waals surface area contributed by atoms with Crippen molar-refractivity contribution in [1.82, 2.24) is 24.6 Å². The molecule has 1 N–H and O–H groups in total. The molecule has 168 valence electrons. The maximum Gasteiger partial charge on any atom is 0.280 e. The number of fused-ring (bicyclic) bond motifs is 1. The number of rotatable bonds is 6. The van der Waals surface area contributed by atoms with Gasteiger partial charge in [-0.3, -0.25) is 14.3 Å². The van der Waals surface area contributed by atoms with Crippen molar-refractivity contribution in [3.8, 4) is 0 Å². The number of halogens is 2. The summed E-state index contributed by atoms with van der Waals surface area (Å²) in [6.07, 6.45) is 6.85. The highest BCUT2D eigenvalue weighted by Gasteiger charge is 2.21. The Kier molecular flexibility index (Phi) is 6.12. The summed E-state index contributed by atoms with van der Waals surface area (Å²) in [6, 6.07) is 9.17. The molecule has 0 spiro atoms. The molecular weight excluding hydrogens is 428 g/mol. The third kappa shape index (κ3) is 4.57. The van der Waals surface area contributed by atoms with Gasteiger partial charge in [0.2, 0.25) is 0 Å². The Morgan fingerprint density at radius 3 is 2.76 bits per heavy atom. The summed E-state index contributed by atoms with van der Waals surface area (Å²) < 4.78 is 29.5. The number of hydrogen-bond donors (Lipinski definition) is 1. The van der Waals surface area contributed by atoms with E-state index in [-0.39, 0.29) is 18.7 Å². The van der Waals surface area contributed by atoms with Crippen LogP contribution in [-0.4, -0.2) is 31.8 Å². The van der Waals surface area contributed by atoms with E-state index in [1.807, 2.05) is 24.3 Å². The molecule has 2 aromatic carbocycles. The van der Waals surface area contributed by atoms with Gasteiger partial charge in [-0.1, -0.05) is 24.3 Å². The lowest BCUT2D eigenvalue weighted by atomic mass is 10.1. The molecule has 0 unspecified atom stereocenters. The second-order valence-electron chi connectivity index (χ2n) is 7.55. The van der Waals surface area contributed by atoms with Crippen molar-refractivity contribution in [2.45, 2.75) is 13.5 Å². The van der Waals surface area contributed by atoms with Crippen LogP contribution in [0.3, 0.4) is 0 Å². The van der Waals surface area contributed by atoms with Crippen molar-refractivity contribution in [1.29, 1.82) is 0 Å². The lowest BCUT2D eigenvalue weighted by Gasteiger charge is -2.08. The van der Waals surface area contributed by atoms with Crippen LogP contribution in [-0.2, 0) is 13.6 Å². The topological polar surface area (TPSA) is 81.8 Å². The second kappa shape index (κ2) is 9.15. The average molecular weight is 449 g/mol. The third-order valence-corrected chi connectivity index (χ3v) is 5.42. The van der Waals surface area contributed by atoms with Gasteiger partial charge in [0.1, 0.15) is 11.9 Å². The van der Waals surface area contributed by atoms with E-state index in [4.69, 9.17) is 0 Å². The predicted molar refractivity (Wildman–Crippen MR) is 121 cm³/mol. The summed E-state index contributed by atoms with van der Waals surface area (Å²) in [7, 11) is 1.64. The van der Waals surface area contributed by atoms with E-state index in [9.17, 15) is 18.4 Å². The first-order valence-electron chi connectivity index (χ1n) is 10.2. The number of aromatic nitrogens is 4. The molecule has 0 radical (unpaired) electrons. The van der Waals surface area contributed by atoms with E-state index >= 15 is 0 Å². The fourth-order valence-corrected chi connectivity index (χ4v) is 3.55. The Morgan fingerprint density at radius 2 is 1.97 bits per heavy atom. The summed E-state index contributed by atoms with van der Waals surface area (Å²) >= 11 is 0. The average Bonchev–Trinajstić information content (AvgIpc) is 3.02. The van der Waals surface area contributed by atoms with Crippen molar-refractivity contribution in [2.24, 2.45) is 7.05 Å². The minimum Gasteiger partial charge on any atom is -0.348 e. The zero-order chi connectivity index (χ0) is 23.5. The Hall–Kier alpha value is -4.14. The monoisotopic (exact) mass is 449 g/mol. The first-order chi connectivity index (χ1) is 15.8. The zero-order valence-electron chi connectivity index (χ0n) is 18.0. The van der Waals surface area contributed by atoms with Crippen LogP contribution < -0.4 is 10.9 Å². The molecule has 0 saturated carbocycles. The molecule has 7 nitrogen and oxygen atoms in total. The number of carbonyl (C=O) groups excluding carboxylic acids is 1. The third-order valence-electron chi connectivity index (χ3n) is 5.42. The number of nitrogens with zero attached hydrogens (tertiary/aromatic N) is 4. The van der Waals surface area contributed by atoms with Gasteiger partial charge >= 0.3 is 0 Å². The van der Waals surface area contributed by atoms with E-state index < -0.39 is 23.1 Å². The van der Waals surface area contributed by atoms with Crippen LogP contribution in [0, 0.1) is 18.6 Å². The maximum absolute atomic E-state index is 13.5. The highest BCUT2D eigenvalue weighted by atomic mass is 19.2. The quantitative estimate of drug-likeness (QED) is 0.490. The first-order valence-corrected chi connectivity index (χ1v) is 10.2. The molecule has 9 heteroatoms. The van der Waals surface area contributed by atoms with Crippen LogP contribution in [0.2, 0.25) is 0 Å². The number of amides is 1. The molecule has 2 heterocycles. The summed E-state index contributed by atoms with van der Waals surface area (Å²) in [5.74, 6) is -2.46. The normalized spacial score (nSPS) is 11.4. The van der Waals surface area contributed by atoms with E-state index in [0.717, 1.165) is 28.6 Å². The van der Waals surface area contributed by atoms with E-state index in [0.29, 0.717) is 11.3 Å². The standard InChI is InChI=1S/C24H21F2N5O2/c1-15-22(24(33)31(30(15)2)13-17-5-7-19(25)20(26)11-17)23(32)28-9-3-4-16-6-8-21-18(10-16)12-27-14-29-21/h3-8,10-12,14H,9,13H2,1-2H3,(H,28,32). The van der Waals surface area contributed by atoms with E-state index in [2.05, 4.69) is 15.3 Å². The fraction of sp³-hybridized carbons (Fsp3) is 0.167. The summed E-state index contributed by atoms with van der Waals surface area (Å²) in [4.78, 5) is 33.7. The van der Waals surface area contributed by atoms with Crippen LogP contribution in [0.25, 0.3) is 17.0 Å². The SMILES string of the molecule is Cc1c(C(=O)NCC=Cc2ccc3ncncc3c2)c(=O)n(Cc2ccc(F)c(F)c2)n1C. The number of carbonyl (C=O) groups is 1. The van der Waals surface area contributed by atoms with Crippen molar-refractivity contribution < 1.29 is 13.6 Å². The fourth-order valence-electron chi connectivity index (χ4n) is 3.55.